The largest absolute Gasteiger partial charge is 0.451 e. The topological polar surface area (TPSA) is 77.0 Å². The summed E-state index contributed by atoms with van der Waals surface area (Å²) in [4.78, 5) is 34.1. The van der Waals surface area contributed by atoms with Crippen molar-refractivity contribution in [1.82, 2.24) is 14.5 Å². The number of hydrogen-bond donors (Lipinski definition) is 1. The number of H-pyrrole nitrogens is 1. The van der Waals surface area contributed by atoms with Crippen LogP contribution >= 0.6 is 11.3 Å². The highest BCUT2D eigenvalue weighted by atomic mass is 32.1. The number of esters is 1. The first-order valence-corrected chi connectivity index (χ1v) is 9.82. The van der Waals surface area contributed by atoms with Crippen molar-refractivity contribution in [3.63, 3.8) is 0 Å². The van der Waals surface area contributed by atoms with Crippen molar-refractivity contribution in [1.29, 1.82) is 0 Å². The minimum atomic E-state index is -0.653. The Morgan fingerprint density at radius 2 is 1.89 bits per heavy atom. The summed E-state index contributed by atoms with van der Waals surface area (Å²) in [5.74, 6) is -0.0523. The SMILES string of the molecule is Cc1sc2nc([C@H](C)OC(=O)c3cc(C)n(C(C)C)c3C)[nH]c(=O)c2c1C. The van der Waals surface area contributed by atoms with Gasteiger partial charge in [-0.1, -0.05) is 0 Å². The number of nitrogens with zero attached hydrogens (tertiary/aromatic N) is 2. The number of fused-ring (bicyclic) bond motifs is 1. The molecule has 0 aliphatic heterocycles. The van der Waals surface area contributed by atoms with Gasteiger partial charge in [-0.15, -0.1) is 11.3 Å². The molecule has 27 heavy (non-hydrogen) atoms. The summed E-state index contributed by atoms with van der Waals surface area (Å²) < 4.78 is 7.71. The van der Waals surface area contributed by atoms with Crippen molar-refractivity contribution in [2.75, 3.05) is 0 Å². The monoisotopic (exact) mass is 387 g/mol. The lowest BCUT2D eigenvalue weighted by molar-refractivity contribution is 0.0319. The first-order valence-electron chi connectivity index (χ1n) is 9.01. The van der Waals surface area contributed by atoms with Crippen molar-refractivity contribution < 1.29 is 9.53 Å². The fourth-order valence-electron chi connectivity index (χ4n) is 3.52. The molecular formula is C20H25N3O3S. The Hall–Kier alpha value is -2.41. The predicted molar refractivity (Wildman–Crippen MR) is 108 cm³/mol. The molecule has 0 aliphatic rings. The third-order valence-electron chi connectivity index (χ3n) is 4.95. The van der Waals surface area contributed by atoms with Gasteiger partial charge in [0.15, 0.2) is 11.9 Å². The molecule has 1 atom stereocenters. The molecule has 0 aliphatic carbocycles. The Morgan fingerprint density at radius 1 is 1.22 bits per heavy atom. The lowest BCUT2D eigenvalue weighted by Gasteiger charge is -2.15. The summed E-state index contributed by atoms with van der Waals surface area (Å²) in [6.07, 6.45) is -0.653. The predicted octanol–water partition coefficient (Wildman–Crippen LogP) is 4.52. The number of aromatic nitrogens is 3. The Labute approximate surface area is 162 Å². The first-order chi connectivity index (χ1) is 12.6. The molecule has 0 bridgehead atoms. The number of nitrogens with one attached hydrogen (secondary N) is 1. The second-order valence-corrected chi connectivity index (χ2v) is 8.41. The maximum atomic E-state index is 12.7. The van der Waals surface area contributed by atoms with E-state index in [1.807, 2.05) is 33.8 Å². The number of aromatic amines is 1. The second-order valence-electron chi connectivity index (χ2n) is 7.21. The normalized spacial score (nSPS) is 12.7. The van der Waals surface area contributed by atoms with Gasteiger partial charge in [-0.3, -0.25) is 4.79 Å². The molecule has 144 valence electrons. The van der Waals surface area contributed by atoms with E-state index in [0.717, 1.165) is 21.8 Å². The summed E-state index contributed by atoms with van der Waals surface area (Å²) in [6, 6.07) is 2.10. The molecule has 0 aromatic carbocycles. The quantitative estimate of drug-likeness (QED) is 0.668. The zero-order valence-corrected chi connectivity index (χ0v) is 17.6. The van der Waals surface area contributed by atoms with Gasteiger partial charge in [-0.2, -0.15) is 0 Å². The molecule has 3 aromatic rings. The van der Waals surface area contributed by atoms with Crippen LogP contribution in [0.1, 0.15) is 70.9 Å². The maximum Gasteiger partial charge on any atom is 0.340 e. The molecule has 0 spiro atoms. The van der Waals surface area contributed by atoms with Crippen molar-refractivity contribution in [2.24, 2.45) is 0 Å². The number of ether oxygens (including phenoxy) is 1. The van der Waals surface area contributed by atoms with Gasteiger partial charge in [0, 0.05) is 22.3 Å². The fraction of sp³-hybridized carbons (Fsp3) is 0.450. The van der Waals surface area contributed by atoms with Crippen molar-refractivity contribution in [3.05, 3.63) is 49.6 Å². The molecule has 0 saturated heterocycles. The molecule has 6 nitrogen and oxygen atoms in total. The molecule has 7 heteroatoms. The molecule has 0 unspecified atom stereocenters. The standard InChI is InChI=1S/C20H25N3O3S/c1-9(2)23-10(3)8-15(12(23)5)20(25)26-13(6)17-21-18(24)16-11(4)14(7)27-19(16)22-17/h8-9,13H,1-7H3,(H,21,22,24)/t13-/m0/s1. The highest BCUT2D eigenvalue weighted by molar-refractivity contribution is 7.18. The van der Waals surface area contributed by atoms with Crippen molar-refractivity contribution in [3.8, 4) is 0 Å². The Bertz CT molecular complexity index is 1090. The molecule has 0 fully saturated rings. The van der Waals surface area contributed by atoms with Crippen LogP contribution in [-0.4, -0.2) is 20.5 Å². The Kier molecular flexibility index (Phi) is 4.99. The highest BCUT2D eigenvalue weighted by Gasteiger charge is 2.22. The Balaban J connectivity index is 1.91. The van der Waals surface area contributed by atoms with E-state index in [1.54, 1.807) is 6.92 Å². The van der Waals surface area contributed by atoms with Crippen LogP contribution < -0.4 is 5.56 Å². The van der Waals surface area contributed by atoms with Crippen LogP contribution in [0.3, 0.4) is 0 Å². The van der Waals surface area contributed by atoms with E-state index in [4.69, 9.17) is 4.74 Å². The van der Waals surface area contributed by atoms with E-state index in [2.05, 4.69) is 28.4 Å². The summed E-state index contributed by atoms with van der Waals surface area (Å²) in [5, 5.41) is 0.611. The van der Waals surface area contributed by atoms with Crippen LogP contribution in [0.25, 0.3) is 10.2 Å². The number of rotatable bonds is 4. The van der Waals surface area contributed by atoms with E-state index in [-0.39, 0.29) is 11.6 Å². The minimum absolute atomic E-state index is 0.197. The zero-order valence-electron chi connectivity index (χ0n) is 16.8. The average Bonchev–Trinajstić information content (AvgIpc) is 3.03. The molecular weight excluding hydrogens is 362 g/mol. The van der Waals surface area contributed by atoms with Crippen LogP contribution in [0.2, 0.25) is 0 Å². The summed E-state index contributed by atoms with van der Waals surface area (Å²) >= 11 is 1.48. The van der Waals surface area contributed by atoms with Gasteiger partial charge in [0.05, 0.1) is 10.9 Å². The second kappa shape index (κ2) is 6.96. The average molecular weight is 388 g/mol. The van der Waals surface area contributed by atoms with E-state index in [9.17, 15) is 9.59 Å². The van der Waals surface area contributed by atoms with Gasteiger partial charge in [0.25, 0.3) is 5.56 Å². The molecule has 3 aromatic heterocycles. The number of carbonyl (C=O) groups excluding carboxylic acids is 1. The molecule has 1 N–H and O–H groups in total. The van der Waals surface area contributed by atoms with Gasteiger partial charge in [0.1, 0.15) is 4.83 Å². The van der Waals surface area contributed by atoms with Crippen molar-refractivity contribution in [2.45, 2.75) is 60.6 Å². The number of thiophene rings is 1. The lowest BCUT2D eigenvalue weighted by atomic mass is 10.2. The van der Waals surface area contributed by atoms with Crippen LogP contribution in [0.4, 0.5) is 0 Å². The van der Waals surface area contributed by atoms with E-state index < -0.39 is 12.1 Å². The number of hydrogen-bond acceptors (Lipinski definition) is 5. The van der Waals surface area contributed by atoms with Gasteiger partial charge in [0.2, 0.25) is 0 Å². The van der Waals surface area contributed by atoms with Crippen LogP contribution in [0.15, 0.2) is 10.9 Å². The summed E-state index contributed by atoms with van der Waals surface area (Å²) in [7, 11) is 0. The molecule has 0 amide bonds. The molecule has 3 rings (SSSR count). The van der Waals surface area contributed by atoms with Crippen LogP contribution in [0, 0.1) is 27.7 Å². The summed E-state index contributed by atoms with van der Waals surface area (Å²) in [5.41, 5.74) is 3.18. The van der Waals surface area contributed by atoms with Gasteiger partial charge >= 0.3 is 5.97 Å². The lowest BCUT2D eigenvalue weighted by Crippen LogP contribution is -2.17. The first kappa shape index (κ1) is 19.4. The summed E-state index contributed by atoms with van der Waals surface area (Å²) in [6.45, 7) is 13.6. The van der Waals surface area contributed by atoms with Crippen LogP contribution in [0.5, 0.6) is 0 Å². The number of aryl methyl sites for hydroxylation is 3. The van der Waals surface area contributed by atoms with E-state index >= 15 is 0 Å². The third-order valence-corrected chi connectivity index (χ3v) is 6.05. The van der Waals surface area contributed by atoms with Gasteiger partial charge in [-0.05, 0) is 60.1 Å². The molecule has 3 heterocycles. The smallest absolute Gasteiger partial charge is 0.340 e. The van der Waals surface area contributed by atoms with Gasteiger partial charge < -0.3 is 14.3 Å². The highest BCUT2D eigenvalue weighted by Crippen LogP contribution is 2.27. The molecule has 0 saturated carbocycles. The molecule has 0 radical (unpaired) electrons. The third kappa shape index (κ3) is 3.32. The van der Waals surface area contributed by atoms with Crippen LogP contribution in [-0.2, 0) is 4.74 Å². The minimum Gasteiger partial charge on any atom is -0.451 e. The Morgan fingerprint density at radius 3 is 2.48 bits per heavy atom. The van der Waals surface area contributed by atoms with E-state index in [0.29, 0.717) is 21.6 Å². The zero-order chi connectivity index (χ0) is 20.0. The maximum absolute atomic E-state index is 12.7. The van der Waals surface area contributed by atoms with Gasteiger partial charge in [-0.25, -0.2) is 9.78 Å². The number of carbonyl (C=O) groups is 1. The van der Waals surface area contributed by atoms with Crippen molar-refractivity contribution >= 4 is 27.5 Å². The fourth-order valence-corrected chi connectivity index (χ4v) is 4.56. The van der Waals surface area contributed by atoms with E-state index in [1.165, 1.54) is 11.3 Å².